The average molecular weight is 389 g/mol. The Morgan fingerprint density at radius 3 is 2.42 bits per heavy atom. The van der Waals surface area contributed by atoms with Gasteiger partial charge in [0.25, 0.3) is 0 Å². The second-order valence-electron chi connectivity index (χ2n) is 6.68. The molecule has 132 valence electrons. The van der Waals surface area contributed by atoms with Gasteiger partial charge in [0.05, 0.1) is 11.7 Å². The number of hydrogen-bond donors (Lipinski definition) is 0. The fraction of sp³-hybridized carbons (Fsp3) is 0.529. The Labute approximate surface area is 158 Å². The molecule has 0 aliphatic carbocycles. The van der Waals surface area contributed by atoms with Crippen LogP contribution in [0.4, 0.5) is 4.79 Å². The summed E-state index contributed by atoms with van der Waals surface area (Å²) in [4.78, 5) is 18.1. The Morgan fingerprint density at radius 1 is 1.33 bits per heavy atom. The summed E-state index contributed by atoms with van der Waals surface area (Å²) in [5, 5.41) is 3.40. The largest absolute Gasteiger partial charge is 0.444 e. The third-order valence-corrected chi connectivity index (χ3v) is 3.51. The number of isothiocyanates is 1. The zero-order valence-corrected chi connectivity index (χ0v) is 16.6. The van der Waals surface area contributed by atoms with E-state index in [0.717, 1.165) is 5.56 Å². The van der Waals surface area contributed by atoms with Crippen LogP contribution in [0.5, 0.6) is 0 Å². The number of thiocarbonyl (C=S) groups is 1. The van der Waals surface area contributed by atoms with Crippen LogP contribution in [0.2, 0.25) is 10.0 Å². The molecule has 0 saturated heterocycles. The lowest BCUT2D eigenvalue weighted by Crippen LogP contribution is -2.39. The van der Waals surface area contributed by atoms with Gasteiger partial charge in [-0.1, -0.05) is 30.1 Å². The molecule has 0 heterocycles. The quantitative estimate of drug-likeness (QED) is 0.479. The molecule has 1 aromatic rings. The lowest BCUT2D eigenvalue weighted by Gasteiger charge is -2.29. The van der Waals surface area contributed by atoms with E-state index in [4.69, 9.17) is 27.9 Å². The molecule has 0 spiro atoms. The summed E-state index contributed by atoms with van der Waals surface area (Å²) >= 11 is 16.7. The van der Waals surface area contributed by atoms with Crippen LogP contribution in [0.15, 0.2) is 23.2 Å². The maximum Gasteiger partial charge on any atom is 0.410 e. The van der Waals surface area contributed by atoms with E-state index in [9.17, 15) is 4.79 Å². The van der Waals surface area contributed by atoms with E-state index in [-0.39, 0.29) is 5.92 Å². The number of nitrogens with zero attached hydrogens (tertiary/aromatic N) is 2. The van der Waals surface area contributed by atoms with Gasteiger partial charge < -0.3 is 9.64 Å². The molecule has 1 aromatic carbocycles. The van der Waals surface area contributed by atoms with E-state index >= 15 is 0 Å². The predicted molar refractivity (Wildman–Crippen MR) is 102 cm³/mol. The molecule has 0 bridgehead atoms. The molecule has 1 atom stereocenters. The number of benzene rings is 1. The first-order valence-corrected chi connectivity index (χ1v) is 8.73. The highest BCUT2D eigenvalue weighted by molar-refractivity contribution is 7.78. The Bertz CT molecular complexity index is 605. The minimum Gasteiger partial charge on any atom is -0.444 e. The van der Waals surface area contributed by atoms with Crippen molar-refractivity contribution in [3.63, 3.8) is 0 Å². The lowest BCUT2D eigenvalue weighted by atomic mass is 10.1. The third-order valence-electron chi connectivity index (χ3n) is 2.95. The number of carbonyl (C=O) groups excluding carboxylic acids is 1. The number of rotatable bonds is 6. The van der Waals surface area contributed by atoms with Gasteiger partial charge in [0.1, 0.15) is 5.60 Å². The topological polar surface area (TPSA) is 41.9 Å². The number of hydrogen-bond acceptors (Lipinski definition) is 4. The molecule has 0 unspecified atom stereocenters. The van der Waals surface area contributed by atoms with Crippen molar-refractivity contribution in [3.8, 4) is 0 Å². The van der Waals surface area contributed by atoms with E-state index < -0.39 is 11.7 Å². The van der Waals surface area contributed by atoms with Crippen LogP contribution in [0.25, 0.3) is 0 Å². The van der Waals surface area contributed by atoms with E-state index in [2.05, 4.69) is 22.4 Å². The van der Waals surface area contributed by atoms with Crippen molar-refractivity contribution in [1.29, 1.82) is 0 Å². The molecule has 4 nitrogen and oxygen atoms in total. The molecule has 0 aromatic heterocycles. The van der Waals surface area contributed by atoms with Crippen molar-refractivity contribution >= 4 is 46.7 Å². The van der Waals surface area contributed by atoms with Crippen LogP contribution in [0.3, 0.4) is 0 Å². The first-order valence-electron chi connectivity index (χ1n) is 7.57. The molecule has 0 fully saturated rings. The van der Waals surface area contributed by atoms with Crippen LogP contribution < -0.4 is 0 Å². The third kappa shape index (κ3) is 8.11. The van der Waals surface area contributed by atoms with Crippen molar-refractivity contribution < 1.29 is 9.53 Å². The molecule has 0 radical (unpaired) electrons. The average Bonchev–Trinajstić information content (AvgIpc) is 2.41. The summed E-state index contributed by atoms with van der Waals surface area (Å²) in [5.74, 6) is 0.114. The Morgan fingerprint density at radius 2 is 1.92 bits per heavy atom. The number of halogens is 2. The van der Waals surface area contributed by atoms with Crippen LogP contribution in [0.1, 0.15) is 33.3 Å². The van der Waals surface area contributed by atoms with E-state index in [1.807, 2.05) is 27.7 Å². The van der Waals surface area contributed by atoms with Crippen LogP contribution in [-0.4, -0.2) is 34.8 Å². The summed E-state index contributed by atoms with van der Waals surface area (Å²) in [7, 11) is 0. The Hall–Kier alpha value is -1.13. The highest BCUT2D eigenvalue weighted by Gasteiger charge is 2.24. The predicted octanol–water partition coefficient (Wildman–Crippen LogP) is 5.47. The molecule has 1 amide bonds. The summed E-state index contributed by atoms with van der Waals surface area (Å²) < 4.78 is 5.49. The first kappa shape index (κ1) is 20.9. The zero-order chi connectivity index (χ0) is 18.3. The molecule has 0 aliphatic rings. The van der Waals surface area contributed by atoms with Crippen molar-refractivity contribution in [2.45, 2.75) is 39.8 Å². The molecular weight excluding hydrogens is 367 g/mol. The fourth-order valence-electron chi connectivity index (χ4n) is 2.08. The lowest BCUT2D eigenvalue weighted by molar-refractivity contribution is 0.0209. The molecule has 1 rings (SSSR count). The van der Waals surface area contributed by atoms with Crippen molar-refractivity contribution in [2.75, 3.05) is 13.1 Å². The van der Waals surface area contributed by atoms with Crippen LogP contribution in [-0.2, 0) is 11.3 Å². The summed E-state index contributed by atoms with van der Waals surface area (Å²) in [6.07, 6.45) is -0.392. The van der Waals surface area contributed by atoms with Crippen molar-refractivity contribution in [1.82, 2.24) is 4.90 Å². The number of aliphatic imine (C=N–C) groups is 1. The Kier molecular flexibility index (Phi) is 8.17. The SMILES string of the molecule is C[C@H](CN=C=S)CN(Cc1cc(Cl)cc(Cl)c1)C(=O)OC(C)(C)C. The normalized spacial score (nSPS) is 12.2. The molecule has 0 N–H and O–H groups in total. The van der Waals surface area contributed by atoms with Gasteiger partial charge in [0.15, 0.2) is 0 Å². The molecule has 7 heteroatoms. The van der Waals surface area contributed by atoms with Crippen molar-refractivity contribution in [2.24, 2.45) is 10.9 Å². The first-order chi connectivity index (χ1) is 11.1. The van der Waals surface area contributed by atoms with E-state index in [0.29, 0.717) is 29.7 Å². The second-order valence-corrected chi connectivity index (χ2v) is 7.73. The zero-order valence-electron chi connectivity index (χ0n) is 14.3. The molecule has 0 saturated carbocycles. The number of ether oxygens (including phenoxy) is 1. The fourth-order valence-corrected chi connectivity index (χ4v) is 2.73. The molecule has 0 aliphatic heterocycles. The van der Waals surface area contributed by atoms with Gasteiger partial charge in [-0.15, -0.1) is 0 Å². The standard InChI is InChI=1S/C17H22Cl2N2O2S/c1-12(8-20-11-24)9-21(16(22)23-17(2,3)4)10-13-5-14(18)7-15(19)6-13/h5-7,12H,8-10H2,1-4H3/t12-/m1/s1. The van der Waals surface area contributed by atoms with Crippen LogP contribution >= 0.6 is 35.4 Å². The smallest absolute Gasteiger partial charge is 0.410 e. The Balaban J connectivity index is 2.94. The number of amides is 1. The monoisotopic (exact) mass is 388 g/mol. The summed E-state index contributed by atoms with van der Waals surface area (Å²) in [6.45, 7) is 8.80. The van der Waals surface area contributed by atoms with Crippen molar-refractivity contribution in [3.05, 3.63) is 33.8 Å². The summed E-state index contributed by atoms with van der Waals surface area (Å²) in [6, 6.07) is 5.22. The maximum atomic E-state index is 12.5. The molecular formula is C17H22Cl2N2O2S. The molecule has 24 heavy (non-hydrogen) atoms. The highest BCUT2D eigenvalue weighted by atomic mass is 35.5. The van der Waals surface area contributed by atoms with E-state index in [1.165, 1.54) is 0 Å². The number of carbonyl (C=O) groups is 1. The summed E-state index contributed by atoms with van der Waals surface area (Å²) in [5.41, 5.74) is 0.265. The van der Waals surface area contributed by atoms with Gasteiger partial charge in [0.2, 0.25) is 0 Å². The van der Waals surface area contributed by atoms with Gasteiger partial charge in [0, 0.05) is 23.1 Å². The second kappa shape index (κ2) is 9.38. The van der Waals surface area contributed by atoms with Gasteiger partial charge in [-0.05, 0) is 62.7 Å². The maximum absolute atomic E-state index is 12.5. The van der Waals surface area contributed by atoms with Gasteiger partial charge in [-0.25, -0.2) is 9.79 Å². The van der Waals surface area contributed by atoms with Gasteiger partial charge in [-0.2, -0.15) is 0 Å². The van der Waals surface area contributed by atoms with Gasteiger partial charge >= 0.3 is 6.09 Å². The minimum atomic E-state index is -0.572. The van der Waals surface area contributed by atoms with Crippen LogP contribution in [0, 0.1) is 5.92 Å². The van der Waals surface area contributed by atoms with Gasteiger partial charge in [-0.3, -0.25) is 0 Å². The minimum absolute atomic E-state index is 0.114. The highest BCUT2D eigenvalue weighted by Crippen LogP contribution is 2.21. The van der Waals surface area contributed by atoms with E-state index in [1.54, 1.807) is 23.1 Å².